The predicted molar refractivity (Wildman–Crippen MR) is 85.9 cm³/mol. The number of amides is 1. The summed E-state index contributed by atoms with van der Waals surface area (Å²) in [6, 6.07) is -0.602. The second kappa shape index (κ2) is 6.07. The van der Waals surface area contributed by atoms with Gasteiger partial charge in [0.15, 0.2) is 4.34 Å². The Bertz CT molecular complexity index is 661. The lowest BCUT2D eigenvalue weighted by Gasteiger charge is -2.48. The maximum Gasteiger partial charge on any atom is 0.352 e. The van der Waals surface area contributed by atoms with Gasteiger partial charge in [0, 0.05) is 18.6 Å². The summed E-state index contributed by atoms with van der Waals surface area (Å²) in [6.07, 6.45) is 0. The van der Waals surface area contributed by atoms with Crippen molar-refractivity contribution in [2.24, 2.45) is 5.73 Å². The third-order valence-electron chi connectivity index (χ3n) is 3.28. The van der Waals surface area contributed by atoms with Crippen molar-refractivity contribution in [1.29, 1.82) is 0 Å². The first-order valence-electron chi connectivity index (χ1n) is 6.32. The number of thioether (sulfide) groups is 2. The van der Waals surface area contributed by atoms with Crippen molar-refractivity contribution < 1.29 is 14.7 Å². The lowest BCUT2D eigenvalue weighted by Crippen LogP contribution is -2.68. The Morgan fingerprint density at radius 3 is 3.00 bits per heavy atom. The van der Waals surface area contributed by atoms with E-state index in [-0.39, 0.29) is 17.0 Å². The summed E-state index contributed by atoms with van der Waals surface area (Å²) < 4.78 is 0.750. The third kappa shape index (κ3) is 2.57. The highest BCUT2D eigenvalue weighted by Gasteiger charge is 2.51. The van der Waals surface area contributed by atoms with Crippen molar-refractivity contribution in [2.45, 2.75) is 15.8 Å². The van der Waals surface area contributed by atoms with Gasteiger partial charge < -0.3 is 16.2 Å². The summed E-state index contributed by atoms with van der Waals surface area (Å²) in [5.41, 5.74) is 6.49. The number of aromatic nitrogens is 2. The largest absolute Gasteiger partial charge is 0.477 e. The van der Waals surface area contributed by atoms with E-state index < -0.39 is 12.0 Å². The highest BCUT2D eigenvalue weighted by molar-refractivity contribution is 8.01. The van der Waals surface area contributed by atoms with Gasteiger partial charge in [-0.05, 0) is 5.57 Å². The molecular formula is C11H13N5O3S3. The molecule has 0 saturated carbocycles. The Kier molecular flexibility index (Phi) is 4.30. The molecule has 3 heterocycles. The van der Waals surface area contributed by atoms with Crippen LogP contribution in [0.2, 0.25) is 0 Å². The number of β-lactam (4-membered cyclic amide) rings is 1. The molecule has 118 valence electrons. The maximum atomic E-state index is 11.8. The summed E-state index contributed by atoms with van der Waals surface area (Å²) in [5.74, 6) is -0.410. The monoisotopic (exact) mass is 359 g/mol. The number of nitrogens with zero attached hydrogens (tertiary/aromatic N) is 3. The first-order chi connectivity index (χ1) is 10.5. The Balaban J connectivity index is 1.78. The van der Waals surface area contributed by atoms with E-state index >= 15 is 0 Å². The van der Waals surface area contributed by atoms with Gasteiger partial charge in [-0.3, -0.25) is 9.69 Å². The van der Waals surface area contributed by atoms with Crippen LogP contribution in [-0.4, -0.2) is 62.0 Å². The lowest BCUT2D eigenvalue weighted by atomic mass is 10.0. The summed E-state index contributed by atoms with van der Waals surface area (Å²) in [5, 5.41) is 20.7. The van der Waals surface area contributed by atoms with Crippen molar-refractivity contribution in [3.05, 3.63) is 11.3 Å². The van der Waals surface area contributed by atoms with E-state index in [1.54, 1.807) is 7.05 Å². The van der Waals surface area contributed by atoms with Gasteiger partial charge in [-0.15, -0.1) is 22.0 Å². The average molecular weight is 359 g/mol. The number of carboxylic acids is 1. The van der Waals surface area contributed by atoms with E-state index in [2.05, 4.69) is 15.5 Å². The Hall–Kier alpha value is -1.30. The molecule has 1 aromatic rings. The minimum Gasteiger partial charge on any atom is -0.477 e. The van der Waals surface area contributed by atoms with Crippen LogP contribution in [0.3, 0.4) is 0 Å². The van der Waals surface area contributed by atoms with E-state index in [9.17, 15) is 14.7 Å². The molecule has 0 spiro atoms. The zero-order valence-electron chi connectivity index (χ0n) is 11.5. The normalized spacial score (nSPS) is 24.1. The SMILES string of the molecule is CNc1nnc(SCC2=C(C(=O)O)N3C(=O)C(N)C3SC2)s1. The second-order valence-corrected chi connectivity index (χ2v) is 7.91. The van der Waals surface area contributed by atoms with Crippen LogP contribution < -0.4 is 11.1 Å². The number of carboxylic acid groups (broad SMARTS) is 1. The Labute approximate surface area is 138 Å². The number of carbonyl (C=O) groups excluding carboxylic acids is 1. The van der Waals surface area contributed by atoms with Gasteiger partial charge in [-0.2, -0.15) is 0 Å². The summed E-state index contributed by atoms with van der Waals surface area (Å²) in [6.45, 7) is 0. The van der Waals surface area contributed by atoms with Crippen molar-refractivity contribution in [2.75, 3.05) is 23.9 Å². The predicted octanol–water partition coefficient (Wildman–Crippen LogP) is 0.253. The fourth-order valence-electron chi connectivity index (χ4n) is 2.21. The first kappa shape index (κ1) is 15.6. The highest BCUT2D eigenvalue weighted by Crippen LogP contribution is 2.41. The minimum absolute atomic E-state index is 0.0707. The first-order valence-corrected chi connectivity index (χ1v) is 9.17. The van der Waals surface area contributed by atoms with Crippen LogP contribution in [0.4, 0.5) is 5.13 Å². The topological polar surface area (TPSA) is 121 Å². The molecule has 1 aromatic heterocycles. The van der Waals surface area contributed by atoms with E-state index in [0.29, 0.717) is 22.2 Å². The number of aliphatic carboxylic acids is 1. The zero-order chi connectivity index (χ0) is 15.9. The van der Waals surface area contributed by atoms with Crippen molar-refractivity contribution in [1.82, 2.24) is 15.1 Å². The smallest absolute Gasteiger partial charge is 0.352 e. The van der Waals surface area contributed by atoms with Gasteiger partial charge in [0.1, 0.15) is 17.1 Å². The molecule has 2 unspecified atom stereocenters. The zero-order valence-corrected chi connectivity index (χ0v) is 13.9. The maximum absolute atomic E-state index is 11.8. The van der Waals surface area contributed by atoms with E-state index in [1.807, 2.05) is 0 Å². The number of fused-ring (bicyclic) bond motifs is 1. The van der Waals surface area contributed by atoms with E-state index in [0.717, 1.165) is 4.34 Å². The van der Waals surface area contributed by atoms with Gasteiger partial charge >= 0.3 is 5.97 Å². The molecule has 0 bridgehead atoms. The van der Waals surface area contributed by atoms with Crippen LogP contribution in [0.15, 0.2) is 15.6 Å². The molecule has 2 aliphatic rings. The molecule has 3 rings (SSSR count). The van der Waals surface area contributed by atoms with Gasteiger partial charge in [-0.1, -0.05) is 23.1 Å². The van der Waals surface area contributed by atoms with E-state index in [4.69, 9.17) is 5.73 Å². The molecule has 1 fully saturated rings. The third-order valence-corrected chi connectivity index (χ3v) is 6.80. The van der Waals surface area contributed by atoms with E-state index in [1.165, 1.54) is 39.8 Å². The van der Waals surface area contributed by atoms with Crippen LogP contribution in [0.25, 0.3) is 0 Å². The lowest BCUT2D eigenvalue weighted by molar-refractivity contribution is -0.147. The average Bonchev–Trinajstić information content (AvgIpc) is 2.99. The van der Waals surface area contributed by atoms with Crippen LogP contribution in [0.5, 0.6) is 0 Å². The van der Waals surface area contributed by atoms with Crippen molar-refractivity contribution in [3.63, 3.8) is 0 Å². The molecule has 2 atom stereocenters. The number of anilines is 1. The molecule has 0 aliphatic carbocycles. The van der Waals surface area contributed by atoms with Crippen LogP contribution in [-0.2, 0) is 9.59 Å². The molecule has 22 heavy (non-hydrogen) atoms. The second-order valence-electron chi connectivity index (χ2n) is 4.60. The molecule has 11 heteroatoms. The number of hydrogen-bond donors (Lipinski definition) is 3. The van der Waals surface area contributed by atoms with Crippen molar-refractivity contribution in [3.8, 4) is 0 Å². The molecule has 4 N–H and O–H groups in total. The fourth-order valence-corrected chi connectivity index (χ4v) is 5.35. The van der Waals surface area contributed by atoms with Gasteiger partial charge in [-0.25, -0.2) is 4.79 Å². The quantitative estimate of drug-likeness (QED) is 0.502. The fraction of sp³-hybridized carbons (Fsp3) is 0.455. The molecule has 1 saturated heterocycles. The number of carbonyl (C=O) groups is 2. The molecule has 0 radical (unpaired) electrons. The molecule has 2 aliphatic heterocycles. The van der Waals surface area contributed by atoms with Gasteiger partial charge in [0.05, 0.1) is 0 Å². The summed E-state index contributed by atoms with van der Waals surface area (Å²) in [4.78, 5) is 24.7. The standard InChI is InChI=1S/C11H13N5O3S3/c1-13-10-14-15-11(22-10)21-3-4-2-20-8-5(12)7(17)16(8)6(4)9(18)19/h5,8H,2-3,12H2,1H3,(H,13,14)(H,18,19). The minimum atomic E-state index is -1.09. The van der Waals surface area contributed by atoms with Gasteiger partial charge in [0.2, 0.25) is 11.0 Å². The Morgan fingerprint density at radius 1 is 1.59 bits per heavy atom. The van der Waals surface area contributed by atoms with Gasteiger partial charge in [0.25, 0.3) is 0 Å². The number of nitrogens with one attached hydrogen (secondary N) is 1. The molecule has 0 aromatic carbocycles. The van der Waals surface area contributed by atoms with Crippen LogP contribution in [0.1, 0.15) is 0 Å². The summed E-state index contributed by atoms with van der Waals surface area (Å²) >= 11 is 4.31. The molecule has 8 nitrogen and oxygen atoms in total. The summed E-state index contributed by atoms with van der Waals surface area (Å²) in [7, 11) is 1.76. The Morgan fingerprint density at radius 2 is 2.36 bits per heavy atom. The number of rotatable bonds is 5. The molecule has 1 amide bonds. The highest BCUT2D eigenvalue weighted by atomic mass is 32.2. The van der Waals surface area contributed by atoms with Crippen molar-refractivity contribution >= 4 is 51.9 Å². The van der Waals surface area contributed by atoms with Crippen LogP contribution >= 0.6 is 34.9 Å². The number of hydrogen-bond acceptors (Lipinski definition) is 9. The number of nitrogens with two attached hydrogens (primary N) is 1. The molecular weight excluding hydrogens is 346 g/mol. The van der Waals surface area contributed by atoms with Crippen LogP contribution in [0, 0.1) is 0 Å².